The fourth-order valence-electron chi connectivity index (χ4n) is 1.54. The first-order chi connectivity index (χ1) is 8.83. The molecule has 2 N–H and O–H groups in total. The summed E-state index contributed by atoms with van der Waals surface area (Å²) in [6, 6.07) is 4.59. The fourth-order valence-corrected chi connectivity index (χ4v) is 3.76. The predicted octanol–water partition coefficient (Wildman–Crippen LogP) is 1.39. The van der Waals surface area contributed by atoms with E-state index in [0.29, 0.717) is 11.3 Å². The number of phenolic OH excluding ortho intramolecular Hbond substituents is 1. The standard InChI is InChI=1S/C10H11BrN4O3S/c1-6-7(4-3-5-8(6)16)13-19(17,18)10-9(11)12-14-15(10)2/h3-5,13,16H,1-2H3. The normalized spacial score (nSPS) is 11.5. The predicted molar refractivity (Wildman–Crippen MR) is 72.4 cm³/mol. The van der Waals surface area contributed by atoms with Gasteiger partial charge in [0.05, 0.1) is 5.69 Å². The van der Waals surface area contributed by atoms with E-state index in [1.165, 1.54) is 13.1 Å². The average molecular weight is 347 g/mol. The molecule has 0 bridgehead atoms. The molecule has 2 rings (SSSR count). The molecule has 0 atom stereocenters. The van der Waals surface area contributed by atoms with E-state index in [1.807, 2.05) is 0 Å². The number of phenols is 1. The molecular weight excluding hydrogens is 336 g/mol. The summed E-state index contributed by atoms with van der Waals surface area (Å²) in [7, 11) is -2.37. The number of hydrogen-bond acceptors (Lipinski definition) is 5. The fraction of sp³-hybridized carbons (Fsp3) is 0.200. The average Bonchev–Trinajstić information content (AvgIpc) is 2.65. The van der Waals surface area contributed by atoms with Gasteiger partial charge in [0, 0.05) is 12.6 Å². The Kier molecular flexibility index (Phi) is 3.50. The highest BCUT2D eigenvalue weighted by Crippen LogP contribution is 2.27. The van der Waals surface area contributed by atoms with Crippen molar-refractivity contribution in [2.45, 2.75) is 11.9 Å². The molecule has 0 aliphatic carbocycles. The van der Waals surface area contributed by atoms with Crippen LogP contribution in [-0.2, 0) is 17.1 Å². The molecular formula is C10H11BrN4O3S. The van der Waals surface area contributed by atoms with Crippen LogP contribution in [0, 0.1) is 6.92 Å². The van der Waals surface area contributed by atoms with Crippen LogP contribution in [0.15, 0.2) is 27.8 Å². The number of halogens is 1. The van der Waals surface area contributed by atoms with Crippen molar-refractivity contribution in [1.82, 2.24) is 15.0 Å². The lowest BCUT2D eigenvalue weighted by atomic mass is 10.2. The van der Waals surface area contributed by atoms with E-state index >= 15 is 0 Å². The number of sulfonamides is 1. The van der Waals surface area contributed by atoms with Gasteiger partial charge in [0.1, 0.15) is 5.75 Å². The number of nitrogens with one attached hydrogen (secondary N) is 1. The van der Waals surface area contributed by atoms with E-state index in [9.17, 15) is 13.5 Å². The minimum atomic E-state index is -3.84. The van der Waals surface area contributed by atoms with Gasteiger partial charge >= 0.3 is 0 Å². The Morgan fingerprint density at radius 1 is 1.42 bits per heavy atom. The maximum absolute atomic E-state index is 12.2. The minimum Gasteiger partial charge on any atom is -0.508 e. The molecule has 9 heteroatoms. The van der Waals surface area contributed by atoms with E-state index < -0.39 is 10.0 Å². The minimum absolute atomic E-state index is 0.0161. The van der Waals surface area contributed by atoms with Gasteiger partial charge in [-0.25, -0.2) is 4.68 Å². The number of aromatic nitrogens is 3. The molecule has 19 heavy (non-hydrogen) atoms. The van der Waals surface area contributed by atoms with Crippen LogP contribution in [0.1, 0.15) is 5.56 Å². The highest BCUT2D eigenvalue weighted by atomic mass is 79.9. The highest BCUT2D eigenvalue weighted by molar-refractivity contribution is 9.10. The van der Waals surface area contributed by atoms with E-state index in [1.54, 1.807) is 19.1 Å². The van der Waals surface area contributed by atoms with E-state index in [0.717, 1.165) is 4.68 Å². The summed E-state index contributed by atoms with van der Waals surface area (Å²) in [4.78, 5) is 0. The second-order valence-electron chi connectivity index (χ2n) is 3.86. The molecule has 0 amide bonds. The maximum Gasteiger partial charge on any atom is 0.281 e. The van der Waals surface area contributed by atoms with Gasteiger partial charge in [0.2, 0.25) is 5.03 Å². The van der Waals surface area contributed by atoms with Crippen LogP contribution in [0.4, 0.5) is 5.69 Å². The molecule has 0 aliphatic rings. The topological polar surface area (TPSA) is 97.1 Å². The van der Waals surface area contributed by atoms with Gasteiger partial charge in [-0.05, 0) is 35.0 Å². The molecule has 0 unspecified atom stereocenters. The van der Waals surface area contributed by atoms with Crippen LogP contribution in [0.2, 0.25) is 0 Å². The Bertz CT molecular complexity index is 707. The van der Waals surface area contributed by atoms with Crippen LogP contribution < -0.4 is 4.72 Å². The zero-order valence-corrected chi connectivity index (χ0v) is 12.5. The largest absolute Gasteiger partial charge is 0.508 e. The first-order valence-electron chi connectivity index (χ1n) is 5.19. The Balaban J connectivity index is 2.46. The van der Waals surface area contributed by atoms with Gasteiger partial charge in [-0.2, -0.15) is 8.42 Å². The number of rotatable bonds is 3. The van der Waals surface area contributed by atoms with Gasteiger partial charge < -0.3 is 5.11 Å². The third kappa shape index (κ3) is 2.56. The number of benzene rings is 1. The molecule has 2 aromatic rings. The SMILES string of the molecule is Cc1c(O)cccc1NS(=O)(=O)c1c(Br)nnn1C. The Morgan fingerprint density at radius 2 is 2.11 bits per heavy atom. The zero-order chi connectivity index (χ0) is 14.2. The smallest absolute Gasteiger partial charge is 0.281 e. The lowest BCUT2D eigenvalue weighted by Gasteiger charge is -2.11. The van der Waals surface area contributed by atoms with E-state index in [4.69, 9.17) is 0 Å². The lowest BCUT2D eigenvalue weighted by molar-refractivity contribution is 0.471. The molecule has 0 fully saturated rings. The van der Waals surface area contributed by atoms with E-state index in [-0.39, 0.29) is 15.4 Å². The summed E-state index contributed by atoms with van der Waals surface area (Å²) >= 11 is 3.04. The molecule has 1 heterocycles. The van der Waals surface area contributed by atoms with Crippen LogP contribution in [0.5, 0.6) is 5.75 Å². The highest BCUT2D eigenvalue weighted by Gasteiger charge is 2.24. The van der Waals surface area contributed by atoms with Crippen molar-refractivity contribution in [2.24, 2.45) is 7.05 Å². The zero-order valence-electron chi connectivity index (χ0n) is 10.1. The number of hydrogen-bond donors (Lipinski definition) is 2. The second-order valence-corrected chi connectivity index (χ2v) is 6.21. The Labute approximate surface area is 118 Å². The number of aryl methyl sites for hydroxylation is 1. The van der Waals surface area contributed by atoms with Gasteiger partial charge in [-0.15, -0.1) is 5.10 Å². The summed E-state index contributed by atoms with van der Waals surface area (Å²) in [6.45, 7) is 1.61. The summed E-state index contributed by atoms with van der Waals surface area (Å²) < 4.78 is 28.2. The van der Waals surface area contributed by atoms with Crippen LogP contribution in [0.25, 0.3) is 0 Å². The molecule has 0 radical (unpaired) electrons. The summed E-state index contributed by atoms with van der Waals surface area (Å²) in [6.07, 6.45) is 0. The van der Waals surface area contributed by atoms with Crippen molar-refractivity contribution in [2.75, 3.05) is 4.72 Å². The van der Waals surface area contributed by atoms with Gasteiger partial charge in [0.25, 0.3) is 10.0 Å². The summed E-state index contributed by atoms with van der Waals surface area (Å²) in [5, 5.41) is 16.7. The van der Waals surface area contributed by atoms with Crippen molar-refractivity contribution >= 4 is 31.6 Å². The van der Waals surface area contributed by atoms with Crippen LogP contribution in [0.3, 0.4) is 0 Å². The second kappa shape index (κ2) is 4.82. The molecule has 0 spiro atoms. The third-order valence-corrected chi connectivity index (χ3v) is 4.79. The quantitative estimate of drug-likeness (QED) is 0.875. The molecule has 7 nitrogen and oxygen atoms in total. The Hall–Kier alpha value is -1.61. The Morgan fingerprint density at radius 3 is 2.68 bits per heavy atom. The van der Waals surface area contributed by atoms with Crippen LogP contribution >= 0.6 is 15.9 Å². The van der Waals surface area contributed by atoms with Crippen molar-refractivity contribution in [3.05, 3.63) is 28.4 Å². The first kappa shape index (κ1) is 13.8. The molecule has 1 aromatic heterocycles. The first-order valence-corrected chi connectivity index (χ1v) is 7.47. The van der Waals surface area contributed by atoms with Gasteiger partial charge in [-0.1, -0.05) is 11.3 Å². The molecule has 0 saturated carbocycles. The monoisotopic (exact) mass is 346 g/mol. The van der Waals surface area contributed by atoms with Gasteiger partial charge in [-0.3, -0.25) is 4.72 Å². The van der Waals surface area contributed by atoms with Crippen molar-refractivity contribution < 1.29 is 13.5 Å². The molecule has 102 valence electrons. The van der Waals surface area contributed by atoms with Crippen LogP contribution in [-0.4, -0.2) is 28.5 Å². The third-order valence-electron chi connectivity index (χ3n) is 2.54. The molecule has 1 aromatic carbocycles. The van der Waals surface area contributed by atoms with Crippen molar-refractivity contribution in [3.8, 4) is 5.75 Å². The molecule has 0 aliphatic heterocycles. The lowest BCUT2D eigenvalue weighted by Crippen LogP contribution is -2.17. The summed E-state index contributed by atoms with van der Waals surface area (Å²) in [5.41, 5.74) is 0.741. The molecule has 0 saturated heterocycles. The number of anilines is 1. The van der Waals surface area contributed by atoms with Crippen molar-refractivity contribution in [1.29, 1.82) is 0 Å². The number of aromatic hydroxyl groups is 1. The maximum atomic E-state index is 12.2. The number of nitrogens with zero attached hydrogens (tertiary/aromatic N) is 3. The van der Waals surface area contributed by atoms with E-state index in [2.05, 4.69) is 31.0 Å². The summed E-state index contributed by atoms with van der Waals surface area (Å²) in [5.74, 6) is 0.0161. The van der Waals surface area contributed by atoms with Gasteiger partial charge in [0.15, 0.2) is 4.60 Å². The van der Waals surface area contributed by atoms with Crippen molar-refractivity contribution in [3.63, 3.8) is 0 Å².